The van der Waals surface area contributed by atoms with Crippen molar-refractivity contribution in [3.63, 3.8) is 0 Å². The van der Waals surface area contributed by atoms with Gasteiger partial charge in [-0.1, -0.05) is 61.5 Å². The van der Waals surface area contributed by atoms with Gasteiger partial charge in [0.05, 0.1) is 18.7 Å². The zero-order chi connectivity index (χ0) is 22.7. The molecule has 32 heavy (non-hydrogen) atoms. The quantitative estimate of drug-likeness (QED) is 0.482. The number of nitrogens with zero attached hydrogens (tertiary/aromatic N) is 3. The van der Waals surface area contributed by atoms with Crippen molar-refractivity contribution in [2.45, 2.75) is 33.2 Å². The minimum Gasteiger partial charge on any atom is -0.497 e. The van der Waals surface area contributed by atoms with Crippen LogP contribution < -0.4 is 10.1 Å². The van der Waals surface area contributed by atoms with Gasteiger partial charge in [-0.15, -0.1) is 0 Å². The van der Waals surface area contributed by atoms with Gasteiger partial charge < -0.3 is 19.5 Å². The lowest BCUT2D eigenvalue weighted by molar-refractivity contribution is 0.390. The molecule has 3 aromatic rings. The Balaban J connectivity index is 1.77. The molecule has 1 unspecified atom stereocenters. The van der Waals surface area contributed by atoms with Gasteiger partial charge in [0.25, 0.3) is 5.89 Å². The first-order chi connectivity index (χ1) is 15.5. The summed E-state index contributed by atoms with van der Waals surface area (Å²) in [5.41, 5.74) is 3.90. The van der Waals surface area contributed by atoms with Crippen LogP contribution in [0.25, 0.3) is 17.0 Å². The molecule has 0 saturated carbocycles. The molecule has 166 valence electrons. The number of allylic oxidation sites excluding steroid dienone is 1. The highest BCUT2D eigenvalue weighted by molar-refractivity contribution is 7.80. The monoisotopic (exact) mass is 448 g/mol. The van der Waals surface area contributed by atoms with E-state index >= 15 is 0 Å². The van der Waals surface area contributed by atoms with Crippen LogP contribution in [-0.2, 0) is 0 Å². The van der Waals surface area contributed by atoms with E-state index < -0.39 is 0 Å². The highest BCUT2D eigenvalue weighted by Gasteiger charge is 2.33. The molecule has 2 aromatic carbocycles. The van der Waals surface area contributed by atoms with Crippen molar-refractivity contribution in [3.05, 3.63) is 71.7 Å². The van der Waals surface area contributed by atoms with Gasteiger partial charge in [-0.2, -0.15) is 4.98 Å². The number of benzene rings is 2. The van der Waals surface area contributed by atoms with E-state index in [1.807, 2.05) is 42.5 Å². The number of aromatic nitrogens is 2. The van der Waals surface area contributed by atoms with E-state index in [0.717, 1.165) is 41.1 Å². The summed E-state index contributed by atoms with van der Waals surface area (Å²) < 4.78 is 11.1. The van der Waals surface area contributed by atoms with E-state index in [1.165, 1.54) is 0 Å². The van der Waals surface area contributed by atoms with Crippen LogP contribution in [0.2, 0.25) is 0 Å². The van der Waals surface area contributed by atoms with Crippen molar-refractivity contribution in [2.24, 2.45) is 5.92 Å². The fourth-order valence-electron chi connectivity index (χ4n) is 3.82. The van der Waals surface area contributed by atoms with Crippen LogP contribution in [0, 0.1) is 5.92 Å². The van der Waals surface area contributed by atoms with Crippen molar-refractivity contribution < 1.29 is 9.26 Å². The Morgan fingerprint density at radius 1 is 1.16 bits per heavy atom. The molecule has 0 fully saturated rings. The average molecular weight is 449 g/mol. The third-order valence-corrected chi connectivity index (χ3v) is 5.98. The predicted molar refractivity (Wildman–Crippen MR) is 130 cm³/mol. The summed E-state index contributed by atoms with van der Waals surface area (Å²) in [4.78, 5) is 6.90. The average Bonchev–Trinajstić information content (AvgIpc) is 3.28. The summed E-state index contributed by atoms with van der Waals surface area (Å²) >= 11 is 5.75. The van der Waals surface area contributed by atoms with E-state index in [4.69, 9.17) is 26.5 Å². The minimum atomic E-state index is -0.169. The van der Waals surface area contributed by atoms with Crippen LogP contribution in [0.5, 0.6) is 5.75 Å². The molecule has 0 saturated heterocycles. The Bertz CT molecular complexity index is 1120. The fourth-order valence-corrected chi connectivity index (χ4v) is 4.17. The summed E-state index contributed by atoms with van der Waals surface area (Å²) in [6.45, 7) is 7.34. The van der Waals surface area contributed by atoms with E-state index in [-0.39, 0.29) is 6.04 Å². The van der Waals surface area contributed by atoms with Crippen molar-refractivity contribution in [1.29, 1.82) is 0 Å². The van der Waals surface area contributed by atoms with Gasteiger partial charge in [-0.3, -0.25) is 0 Å². The zero-order valence-electron chi connectivity index (χ0n) is 18.8. The summed E-state index contributed by atoms with van der Waals surface area (Å²) in [6.07, 6.45) is 1.03. The van der Waals surface area contributed by atoms with Crippen molar-refractivity contribution >= 4 is 22.9 Å². The molecule has 1 aromatic heterocycles. The van der Waals surface area contributed by atoms with E-state index in [1.54, 1.807) is 7.11 Å². The lowest BCUT2D eigenvalue weighted by atomic mass is 9.94. The van der Waals surface area contributed by atoms with Crippen molar-refractivity contribution in [3.8, 4) is 17.1 Å². The number of hydrogen-bond acceptors (Lipinski definition) is 5. The van der Waals surface area contributed by atoms with Crippen molar-refractivity contribution in [2.75, 3.05) is 13.7 Å². The number of methoxy groups -OCH3 is 1. The molecule has 7 heteroatoms. The number of ether oxygens (including phenoxy) is 1. The lowest BCUT2D eigenvalue weighted by Gasteiger charge is -2.37. The van der Waals surface area contributed by atoms with Gasteiger partial charge in [0, 0.05) is 17.8 Å². The van der Waals surface area contributed by atoms with Crippen LogP contribution in [-0.4, -0.2) is 33.8 Å². The number of hydrogen-bond donors (Lipinski definition) is 1. The van der Waals surface area contributed by atoms with Crippen LogP contribution >= 0.6 is 12.2 Å². The van der Waals surface area contributed by atoms with Crippen LogP contribution in [0.1, 0.15) is 44.7 Å². The number of nitrogens with one attached hydrogen (secondary N) is 1. The first kappa shape index (κ1) is 22.0. The Hall–Kier alpha value is -3.19. The zero-order valence-corrected chi connectivity index (χ0v) is 19.6. The predicted octanol–water partition coefficient (Wildman–Crippen LogP) is 5.45. The second-order valence-corrected chi connectivity index (χ2v) is 8.67. The number of rotatable bonds is 7. The highest BCUT2D eigenvalue weighted by atomic mass is 32.1. The molecule has 2 heterocycles. The van der Waals surface area contributed by atoms with Gasteiger partial charge in [0.1, 0.15) is 5.75 Å². The molecular weight excluding hydrogens is 420 g/mol. The van der Waals surface area contributed by atoms with Crippen molar-refractivity contribution in [1.82, 2.24) is 20.4 Å². The molecule has 0 bridgehead atoms. The molecule has 1 aliphatic heterocycles. The maximum absolute atomic E-state index is 5.79. The standard InChI is InChI=1S/C25H28N4O2S/c1-16(2)13-14-29-17(3)21(22(26-25(29)32)18-9-6-5-7-10-18)24-27-23(28-31-24)19-11-8-12-20(15-19)30-4/h5-12,15-16,22H,13-14H2,1-4H3,(H,26,32). The fraction of sp³-hybridized carbons (Fsp3) is 0.320. The van der Waals surface area contributed by atoms with E-state index in [9.17, 15) is 0 Å². The molecule has 0 radical (unpaired) electrons. The second kappa shape index (κ2) is 9.53. The van der Waals surface area contributed by atoms with Gasteiger partial charge in [-0.05, 0) is 49.2 Å². The summed E-state index contributed by atoms with van der Waals surface area (Å²) in [5, 5.41) is 8.48. The largest absolute Gasteiger partial charge is 0.497 e. The molecule has 1 atom stereocenters. The summed E-state index contributed by atoms with van der Waals surface area (Å²) in [6, 6.07) is 17.7. The van der Waals surface area contributed by atoms with Crippen LogP contribution in [0.4, 0.5) is 0 Å². The Morgan fingerprint density at radius 2 is 1.94 bits per heavy atom. The second-order valence-electron chi connectivity index (χ2n) is 8.28. The van der Waals surface area contributed by atoms with Gasteiger partial charge in [0.2, 0.25) is 5.82 Å². The Labute approximate surface area is 194 Å². The van der Waals surface area contributed by atoms with Gasteiger partial charge >= 0.3 is 0 Å². The molecule has 0 amide bonds. The third-order valence-electron chi connectivity index (χ3n) is 5.64. The summed E-state index contributed by atoms with van der Waals surface area (Å²) in [5.74, 6) is 2.33. The molecule has 1 N–H and O–H groups in total. The smallest absolute Gasteiger partial charge is 0.258 e. The van der Waals surface area contributed by atoms with E-state index in [2.05, 4.69) is 48.3 Å². The minimum absolute atomic E-state index is 0.169. The molecule has 6 nitrogen and oxygen atoms in total. The number of thiocarbonyl (C=S) groups is 1. The topological polar surface area (TPSA) is 63.4 Å². The van der Waals surface area contributed by atoms with Crippen LogP contribution in [0.15, 0.2) is 64.8 Å². The lowest BCUT2D eigenvalue weighted by Crippen LogP contribution is -2.46. The highest BCUT2D eigenvalue weighted by Crippen LogP contribution is 2.37. The van der Waals surface area contributed by atoms with Gasteiger partial charge in [-0.25, -0.2) is 0 Å². The van der Waals surface area contributed by atoms with Crippen LogP contribution in [0.3, 0.4) is 0 Å². The first-order valence-corrected chi connectivity index (χ1v) is 11.2. The maximum atomic E-state index is 5.79. The molecule has 4 rings (SSSR count). The molecular formula is C25H28N4O2S. The molecule has 0 spiro atoms. The first-order valence-electron chi connectivity index (χ1n) is 10.8. The van der Waals surface area contributed by atoms with Gasteiger partial charge in [0.15, 0.2) is 5.11 Å². The van der Waals surface area contributed by atoms with E-state index in [0.29, 0.717) is 22.7 Å². The molecule has 1 aliphatic rings. The molecule has 0 aliphatic carbocycles. The Kier molecular flexibility index (Phi) is 6.55. The maximum Gasteiger partial charge on any atom is 0.258 e. The SMILES string of the molecule is COc1cccc(-c2noc(C3=C(C)N(CCC(C)C)C(=S)NC3c3ccccc3)n2)c1. The normalized spacial score (nSPS) is 16.5. The Morgan fingerprint density at radius 3 is 2.66 bits per heavy atom. The summed E-state index contributed by atoms with van der Waals surface area (Å²) in [7, 11) is 1.64. The third kappa shape index (κ3) is 4.53.